The molecule has 0 aromatic carbocycles. The van der Waals surface area contributed by atoms with E-state index < -0.39 is 0 Å². The van der Waals surface area contributed by atoms with Crippen LogP contribution < -0.4 is 5.32 Å². The predicted octanol–water partition coefficient (Wildman–Crippen LogP) is 2.99. The van der Waals surface area contributed by atoms with Crippen molar-refractivity contribution in [3.05, 3.63) is 59.6 Å². The molecule has 3 aromatic rings. The summed E-state index contributed by atoms with van der Waals surface area (Å²) in [5.41, 5.74) is 3.19. The second-order valence-electron chi connectivity index (χ2n) is 3.92. The maximum atomic E-state index is 5.83. The Morgan fingerprint density at radius 2 is 2.22 bits per heavy atom. The van der Waals surface area contributed by atoms with Gasteiger partial charge < -0.3 is 5.32 Å². The lowest BCUT2D eigenvalue weighted by Crippen LogP contribution is -1.99. The predicted molar refractivity (Wildman–Crippen MR) is 71.8 cm³/mol. The van der Waals surface area contributed by atoms with E-state index in [9.17, 15) is 0 Å². The van der Waals surface area contributed by atoms with Gasteiger partial charge in [0, 0.05) is 30.2 Å². The molecule has 0 aliphatic carbocycles. The minimum atomic E-state index is 0.486. The van der Waals surface area contributed by atoms with Crippen LogP contribution in [0.3, 0.4) is 0 Å². The van der Waals surface area contributed by atoms with E-state index in [1.54, 1.807) is 12.3 Å². The molecule has 3 aromatic heterocycles. The molecule has 0 atom stereocenters. The lowest BCUT2D eigenvalue weighted by atomic mass is 10.2. The number of fused-ring (bicyclic) bond motifs is 1. The molecule has 0 spiro atoms. The lowest BCUT2D eigenvalue weighted by molar-refractivity contribution is 0.961. The van der Waals surface area contributed by atoms with Gasteiger partial charge in [0.1, 0.15) is 5.15 Å². The second kappa shape index (κ2) is 4.66. The van der Waals surface area contributed by atoms with E-state index in [0.717, 1.165) is 16.8 Å². The highest BCUT2D eigenvalue weighted by molar-refractivity contribution is 6.29. The molecular weight excluding hydrogens is 248 g/mol. The third-order valence-electron chi connectivity index (χ3n) is 2.72. The van der Waals surface area contributed by atoms with Gasteiger partial charge in [-0.15, -0.1) is 0 Å². The van der Waals surface area contributed by atoms with Crippen LogP contribution in [0, 0.1) is 0 Å². The highest BCUT2D eigenvalue weighted by Crippen LogP contribution is 2.15. The number of hydrogen-bond acceptors (Lipinski definition) is 3. The van der Waals surface area contributed by atoms with Crippen molar-refractivity contribution >= 4 is 22.8 Å². The SMILES string of the molecule is Clc1cc(NCc2cnn3ccccc23)ccn1. The van der Waals surface area contributed by atoms with E-state index in [2.05, 4.69) is 15.4 Å². The first-order valence-corrected chi connectivity index (χ1v) is 5.97. The summed E-state index contributed by atoms with van der Waals surface area (Å²) in [6.07, 6.45) is 5.48. The summed E-state index contributed by atoms with van der Waals surface area (Å²) in [7, 11) is 0. The Hall–Kier alpha value is -2.07. The standard InChI is InChI=1S/C13H11ClN4/c14-13-7-11(4-5-15-13)16-8-10-9-17-18-6-2-1-3-12(10)18/h1-7,9H,8H2,(H,15,16). The van der Waals surface area contributed by atoms with E-state index in [1.807, 2.05) is 41.2 Å². The summed E-state index contributed by atoms with van der Waals surface area (Å²) in [6.45, 7) is 0.702. The zero-order valence-corrected chi connectivity index (χ0v) is 10.3. The van der Waals surface area contributed by atoms with Crippen LogP contribution in [-0.2, 0) is 6.54 Å². The maximum Gasteiger partial charge on any atom is 0.131 e. The van der Waals surface area contributed by atoms with Crippen molar-refractivity contribution in [2.75, 3.05) is 5.32 Å². The molecule has 90 valence electrons. The number of nitrogens with zero attached hydrogens (tertiary/aromatic N) is 3. The molecule has 0 fully saturated rings. The fourth-order valence-corrected chi connectivity index (χ4v) is 2.01. The Morgan fingerprint density at radius 1 is 1.28 bits per heavy atom. The number of halogens is 1. The van der Waals surface area contributed by atoms with Crippen LogP contribution in [0.25, 0.3) is 5.52 Å². The van der Waals surface area contributed by atoms with Crippen molar-refractivity contribution in [1.29, 1.82) is 0 Å². The third-order valence-corrected chi connectivity index (χ3v) is 2.92. The van der Waals surface area contributed by atoms with Gasteiger partial charge >= 0.3 is 0 Å². The Labute approximate surface area is 109 Å². The van der Waals surface area contributed by atoms with Gasteiger partial charge in [-0.1, -0.05) is 17.7 Å². The molecular formula is C13H11ClN4. The Bertz CT molecular complexity index is 677. The summed E-state index contributed by atoms with van der Waals surface area (Å²) in [6, 6.07) is 9.69. The van der Waals surface area contributed by atoms with Crippen molar-refractivity contribution in [3.63, 3.8) is 0 Å². The van der Waals surface area contributed by atoms with Gasteiger partial charge in [0.25, 0.3) is 0 Å². The molecule has 18 heavy (non-hydrogen) atoms. The molecule has 3 heterocycles. The minimum absolute atomic E-state index is 0.486. The molecule has 0 saturated carbocycles. The van der Waals surface area contributed by atoms with Gasteiger partial charge in [0.2, 0.25) is 0 Å². The van der Waals surface area contributed by atoms with Crippen LogP contribution in [0.15, 0.2) is 48.9 Å². The van der Waals surface area contributed by atoms with Crippen LogP contribution in [0.4, 0.5) is 5.69 Å². The van der Waals surface area contributed by atoms with Gasteiger partial charge in [-0.3, -0.25) is 0 Å². The zero-order chi connectivity index (χ0) is 12.4. The van der Waals surface area contributed by atoms with Crippen LogP contribution in [-0.4, -0.2) is 14.6 Å². The largest absolute Gasteiger partial charge is 0.381 e. The van der Waals surface area contributed by atoms with E-state index >= 15 is 0 Å². The van der Waals surface area contributed by atoms with Crippen molar-refractivity contribution in [2.45, 2.75) is 6.54 Å². The molecule has 0 aliphatic heterocycles. The molecule has 0 amide bonds. The quantitative estimate of drug-likeness (QED) is 0.735. The molecule has 4 nitrogen and oxygen atoms in total. The normalized spacial score (nSPS) is 10.7. The first-order chi connectivity index (χ1) is 8.83. The first-order valence-electron chi connectivity index (χ1n) is 5.59. The van der Waals surface area contributed by atoms with Crippen molar-refractivity contribution < 1.29 is 0 Å². The zero-order valence-electron chi connectivity index (χ0n) is 9.55. The van der Waals surface area contributed by atoms with Gasteiger partial charge in [-0.25, -0.2) is 9.50 Å². The molecule has 0 bridgehead atoms. The summed E-state index contributed by atoms with van der Waals surface area (Å²) in [4.78, 5) is 3.94. The second-order valence-corrected chi connectivity index (χ2v) is 4.31. The fourth-order valence-electron chi connectivity index (χ4n) is 1.83. The van der Waals surface area contributed by atoms with Crippen LogP contribution >= 0.6 is 11.6 Å². The van der Waals surface area contributed by atoms with Gasteiger partial charge in [-0.05, 0) is 24.3 Å². The molecule has 0 unspecified atom stereocenters. The number of hydrogen-bond donors (Lipinski definition) is 1. The number of anilines is 1. The summed E-state index contributed by atoms with van der Waals surface area (Å²) in [5, 5.41) is 8.07. The number of nitrogens with one attached hydrogen (secondary N) is 1. The highest BCUT2D eigenvalue weighted by Gasteiger charge is 2.02. The summed E-state index contributed by atoms with van der Waals surface area (Å²) in [5.74, 6) is 0. The van der Waals surface area contributed by atoms with Crippen molar-refractivity contribution in [3.8, 4) is 0 Å². The third kappa shape index (κ3) is 2.15. The molecule has 3 rings (SSSR count). The van der Waals surface area contributed by atoms with Crippen LogP contribution in [0.5, 0.6) is 0 Å². The summed E-state index contributed by atoms with van der Waals surface area (Å²) >= 11 is 5.83. The van der Waals surface area contributed by atoms with Gasteiger partial charge in [0.05, 0.1) is 11.7 Å². The number of pyridine rings is 2. The van der Waals surface area contributed by atoms with E-state index in [0.29, 0.717) is 11.7 Å². The van der Waals surface area contributed by atoms with Crippen LogP contribution in [0.2, 0.25) is 5.15 Å². The maximum absolute atomic E-state index is 5.83. The smallest absolute Gasteiger partial charge is 0.131 e. The van der Waals surface area contributed by atoms with Gasteiger partial charge in [-0.2, -0.15) is 5.10 Å². The van der Waals surface area contributed by atoms with Gasteiger partial charge in [0.15, 0.2) is 0 Å². The molecule has 0 saturated heterocycles. The first kappa shape index (κ1) is 11.0. The molecule has 0 radical (unpaired) electrons. The van der Waals surface area contributed by atoms with Crippen molar-refractivity contribution in [2.24, 2.45) is 0 Å². The molecule has 5 heteroatoms. The molecule has 0 aliphatic rings. The van der Waals surface area contributed by atoms with Crippen LogP contribution in [0.1, 0.15) is 5.56 Å². The topological polar surface area (TPSA) is 42.2 Å². The highest BCUT2D eigenvalue weighted by atomic mass is 35.5. The lowest BCUT2D eigenvalue weighted by Gasteiger charge is -2.05. The number of rotatable bonds is 3. The fraction of sp³-hybridized carbons (Fsp3) is 0.0769. The monoisotopic (exact) mass is 258 g/mol. The molecule has 1 N–H and O–H groups in total. The Kier molecular flexibility index (Phi) is 2.86. The van der Waals surface area contributed by atoms with E-state index in [4.69, 9.17) is 11.6 Å². The Balaban J connectivity index is 1.81. The average Bonchev–Trinajstić information content (AvgIpc) is 2.80. The van der Waals surface area contributed by atoms with E-state index in [-0.39, 0.29) is 0 Å². The van der Waals surface area contributed by atoms with Crippen molar-refractivity contribution in [1.82, 2.24) is 14.6 Å². The Morgan fingerprint density at radius 3 is 3.11 bits per heavy atom. The van der Waals surface area contributed by atoms with E-state index in [1.165, 1.54) is 0 Å². The number of aromatic nitrogens is 3. The summed E-state index contributed by atoms with van der Waals surface area (Å²) < 4.78 is 1.86. The average molecular weight is 259 g/mol. The minimum Gasteiger partial charge on any atom is -0.381 e.